The van der Waals surface area contributed by atoms with Crippen molar-refractivity contribution in [1.29, 1.82) is 0 Å². The highest BCUT2D eigenvalue weighted by molar-refractivity contribution is 5.79. The second kappa shape index (κ2) is 9.47. The van der Waals surface area contributed by atoms with E-state index in [0.717, 1.165) is 34.0 Å². The van der Waals surface area contributed by atoms with Gasteiger partial charge in [0.25, 0.3) is 0 Å². The fourth-order valence-corrected chi connectivity index (χ4v) is 3.59. The second-order valence-electron chi connectivity index (χ2n) is 7.50. The minimum absolute atomic E-state index is 0.0839. The number of amides is 1. The molecule has 1 aromatic carbocycles. The molecule has 0 fully saturated rings. The lowest BCUT2D eigenvalue weighted by Gasteiger charge is -2.15. The molecule has 3 aromatic heterocycles. The molecule has 8 nitrogen and oxygen atoms in total. The number of nitrogens with one attached hydrogen (secondary N) is 1. The highest BCUT2D eigenvalue weighted by Crippen LogP contribution is 2.28. The minimum atomic E-state index is -0.383. The molecule has 4 aromatic rings. The summed E-state index contributed by atoms with van der Waals surface area (Å²) in [6, 6.07) is 15.2. The van der Waals surface area contributed by atoms with Crippen LogP contribution in [0.1, 0.15) is 18.7 Å². The molecule has 164 valence electrons. The minimum Gasteiger partial charge on any atom is -0.497 e. The van der Waals surface area contributed by atoms with Gasteiger partial charge in [-0.05, 0) is 50.2 Å². The maximum atomic E-state index is 12.6. The van der Waals surface area contributed by atoms with Gasteiger partial charge in [-0.2, -0.15) is 10.2 Å². The number of carbonyl (C=O) groups excluding carboxylic acids is 1. The summed E-state index contributed by atoms with van der Waals surface area (Å²) in [6.45, 7) is 4.73. The Hall–Kier alpha value is -3.94. The number of hydrogen-bond acceptors (Lipinski definition) is 5. The van der Waals surface area contributed by atoms with E-state index in [1.807, 2.05) is 67.1 Å². The highest BCUT2D eigenvalue weighted by Gasteiger charge is 2.17. The number of aryl methyl sites for hydroxylation is 1. The lowest BCUT2D eigenvalue weighted by atomic mass is 10.1. The smallest absolute Gasteiger partial charge is 0.244 e. The van der Waals surface area contributed by atoms with Crippen molar-refractivity contribution < 1.29 is 9.53 Å². The molecule has 1 atom stereocenters. The zero-order valence-electron chi connectivity index (χ0n) is 18.4. The molecule has 0 saturated heterocycles. The standard InChI is InChI=1S/C24H26N6O2/c1-17-9-11-27-30(17)18(2)24(31)26-12-13-29-23(19-6-4-8-21(14-19)32-3)15-22(28-29)20-7-5-10-25-16-20/h4-11,14-16,18H,12-13H2,1-3H3,(H,26,31)/t18-/m1/s1. The third-order valence-corrected chi connectivity index (χ3v) is 5.34. The zero-order valence-corrected chi connectivity index (χ0v) is 18.4. The van der Waals surface area contributed by atoms with Crippen LogP contribution in [0.25, 0.3) is 22.5 Å². The third-order valence-electron chi connectivity index (χ3n) is 5.34. The van der Waals surface area contributed by atoms with Crippen molar-refractivity contribution in [2.45, 2.75) is 26.4 Å². The normalized spacial score (nSPS) is 11.8. The molecule has 1 amide bonds. The van der Waals surface area contributed by atoms with Crippen molar-refractivity contribution in [1.82, 2.24) is 29.9 Å². The van der Waals surface area contributed by atoms with E-state index in [-0.39, 0.29) is 11.9 Å². The third kappa shape index (κ3) is 4.54. The number of methoxy groups -OCH3 is 1. The van der Waals surface area contributed by atoms with Crippen LogP contribution < -0.4 is 10.1 Å². The number of hydrogen-bond donors (Lipinski definition) is 1. The Balaban J connectivity index is 1.54. The molecule has 0 saturated carbocycles. The Bertz CT molecular complexity index is 1200. The number of nitrogens with zero attached hydrogens (tertiary/aromatic N) is 5. The summed E-state index contributed by atoms with van der Waals surface area (Å²) in [4.78, 5) is 16.8. The Morgan fingerprint density at radius 2 is 1.97 bits per heavy atom. The molecule has 32 heavy (non-hydrogen) atoms. The van der Waals surface area contributed by atoms with E-state index >= 15 is 0 Å². The van der Waals surface area contributed by atoms with Gasteiger partial charge in [0, 0.05) is 42.0 Å². The number of aromatic nitrogens is 5. The Kier molecular flexibility index (Phi) is 6.30. The SMILES string of the molecule is COc1cccc(-c2cc(-c3cccnc3)nn2CCNC(=O)[C@@H](C)n2nccc2C)c1. The number of rotatable bonds is 8. The van der Waals surface area contributed by atoms with Crippen LogP contribution >= 0.6 is 0 Å². The van der Waals surface area contributed by atoms with Gasteiger partial charge in [0.15, 0.2) is 0 Å². The molecule has 0 aliphatic heterocycles. The van der Waals surface area contributed by atoms with E-state index in [4.69, 9.17) is 9.84 Å². The Morgan fingerprint density at radius 1 is 1.12 bits per heavy atom. The fraction of sp³-hybridized carbons (Fsp3) is 0.250. The van der Waals surface area contributed by atoms with Gasteiger partial charge in [-0.3, -0.25) is 19.1 Å². The zero-order chi connectivity index (χ0) is 22.5. The van der Waals surface area contributed by atoms with Crippen LogP contribution in [0.5, 0.6) is 5.75 Å². The summed E-state index contributed by atoms with van der Waals surface area (Å²) in [5.41, 5.74) is 4.62. The van der Waals surface area contributed by atoms with Gasteiger partial charge in [0.05, 0.1) is 25.0 Å². The van der Waals surface area contributed by atoms with E-state index in [0.29, 0.717) is 13.1 Å². The van der Waals surface area contributed by atoms with E-state index in [1.165, 1.54) is 0 Å². The maximum Gasteiger partial charge on any atom is 0.244 e. The Labute approximate surface area is 186 Å². The highest BCUT2D eigenvalue weighted by atomic mass is 16.5. The first-order valence-corrected chi connectivity index (χ1v) is 10.5. The summed E-state index contributed by atoms with van der Waals surface area (Å²) < 4.78 is 9.00. The van der Waals surface area contributed by atoms with Gasteiger partial charge in [-0.15, -0.1) is 0 Å². The van der Waals surface area contributed by atoms with Crippen molar-refractivity contribution in [3.8, 4) is 28.3 Å². The lowest BCUT2D eigenvalue weighted by molar-refractivity contribution is -0.124. The number of pyridine rings is 1. The van der Waals surface area contributed by atoms with Crippen molar-refractivity contribution in [3.05, 3.63) is 72.8 Å². The lowest BCUT2D eigenvalue weighted by Crippen LogP contribution is -2.34. The monoisotopic (exact) mass is 430 g/mol. The van der Waals surface area contributed by atoms with Crippen molar-refractivity contribution in [3.63, 3.8) is 0 Å². The predicted molar refractivity (Wildman–Crippen MR) is 122 cm³/mol. The quantitative estimate of drug-likeness (QED) is 0.462. The van der Waals surface area contributed by atoms with Crippen molar-refractivity contribution in [2.24, 2.45) is 0 Å². The summed E-state index contributed by atoms with van der Waals surface area (Å²) in [7, 11) is 1.65. The van der Waals surface area contributed by atoms with Crippen LogP contribution in [0.3, 0.4) is 0 Å². The first-order valence-electron chi connectivity index (χ1n) is 10.5. The van der Waals surface area contributed by atoms with Gasteiger partial charge < -0.3 is 10.1 Å². The average molecular weight is 431 g/mol. The van der Waals surface area contributed by atoms with Crippen LogP contribution in [0, 0.1) is 6.92 Å². The fourth-order valence-electron chi connectivity index (χ4n) is 3.59. The summed E-state index contributed by atoms with van der Waals surface area (Å²) in [5.74, 6) is 0.689. The van der Waals surface area contributed by atoms with Crippen LogP contribution in [-0.2, 0) is 11.3 Å². The topological polar surface area (TPSA) is 86.9 Å². The first-order chi connectivity index (χ1) is 15.6. The Morgan fingerprint density at radius 3 is 2.69 bits per heavy atom. The number of benzene rings is 1. The van der Waals surface area contributed by atoms with E-state index in [9.17, 15) is 4.79 Å². The number of ether oxygens (including phenoxy) is 1. The van der Waals surface area contributed by atoms with Gasteiger partial charge in [-0.1, -0.05) is 12.1 Å². The maximum absolute atomic E-state index is 12.6. The van der Waals surface area contributed by atoms with E-state index in [1.54, 1.807) is 30.4 Å². The number of carbonyl (C=O) groups is 1. The molecule has 0 unspecified atom stereocenters. The molecule has 0 aliphatic carbocycles. The van der Waals surface area contributed by atoms with Gasteiger partial charge in [0.2, 0.25) is 5.91 Å². The molecule has 3 heterocycles. The van der Waals surface area contributed by atoms with Gasteiger partial charge in [0.1, 0.15) is 11.8 Å². The van der Waals surface area contributed by atoms with E-state index in [2.05, 4.69) is 15.4 Å². The average Bonchev–Trinajstić information content (AvgIpc) is 3.45. The molecule has 0 bridgehead atoms. The van der Waals surface area contributed by atoms with Crippen LogP contribution in [-0.4, -0.2) is 44.1 Å². The van der Waals surface area contributed by atoms with Gasteiger partial charge >= 0.3 is 0 Å². The molecule has 0 radical (unpaired) electrons. The largest absolute Gasteiger partial charge is 0.497 e. The van der Waals surface area contributed by atoms with Crippen LogP contribution in [0.4, 0.5) is 0 Å². The van der Waals surface area contributed by atoms with Crippen molar-refractivity contribution in [2.75, 3.05) is 13.7 Å². The summed E-state index contributed by atoms with van der Waals surface area (Å²) in [5, 5.41) is 12.0. The molecular formula is C24H26N6O2. The summed E-state index contributed by atoms with van der Waals surface area (Å²) >= 11 is 0. The first kappa shape index (κ1) is 21.3. The van der Waals surface area contributed by atoms with Crippen LogP contribution in [0.15, 0.2) is 67.1 Å². The molecule has 4 rings (SSSR count). The van der Waals surface area contributed by atoms with E-state index < -0.39 is 0 Å². The summed E-state index contributed by atoms with van der Waals surface area (Å²) in [6.07, 6.45) is 5.22. The molecule has 1 N–H and O–H groups in total. The predicted octanol–water partition coefficient (Wildman–Crippen LogP) is 3.50. The molecular weight excluding hydrogens is 404 g/mol. The molecule has 8 heteroatoms. The van der Waals surface area contributed by atoms with Gasteiger partial charge in [-0.25, -0.2) is 0 Å². The second-order valence-corrected chi connectivity index (χ2v) is 7.50. The van der Waals surface area contributed by atoms with Crippen molar-refractivity contribution >= 4 is 5.91 Å². The molecule has 0 aliphatic rings. The molecule has 0 spiro atoms. The van der Waals surface area contributed by atoms with Crippen LogP contribution in [0.2, 0.25) is 0 Å².